The van der Waals surface area contributed by atoms with E-state index in [0.29, 0.717) is 12.8 Å². The molecule has 1 aliphatic rings. The van der Waals surface area contributed by atoms with Crippen LogP contribution >= 0.6 is 0 Å². The second kappa shape index (κ2) is 4.63. The van der Waals surface area contributed by atoms with Gasteiger partial charge in [-0.1, -0.05) is 32.1 Å². The third-order valence-electron chi connectivity index (χ3n) is 3.44. The molecule has 1 aromatic heterocycles. The third-order valence-corrected chi connectivity index (χ3v) is 3.44. The molecule has 1 aliphatic carbocycles. The lowest BCUT2D eigenvalue weighted by Gasteiger charge is -2.31. The first kappa shape index (κ1) is 11.1. The molecule has 1 fully saturated rings. The van der Waals surface area contributed by atoms with Gasteiger partial charge in [0, 0.05) is 0 Å². The van der Waals surface area contributed by atoms with Crippen molar-refractivity contribution in [1.29, 1.82) is 0 Å². The number of aliphatic carboxylic acids is 1. The molecule has 0 unspecified atom stereocenters. The van der Waals surface area contributed by atoms with Gasteiger partial charge < -0.3 is 5.11 Å². The number of nitrogens with zero attached hydrogens (tertiary/aromatic N) is 3. The van der Waals surface area contributed by atoms with E-state index in [2.05, 4.69) is 10.1 Å². The molecular weight excluding hydrogens is 206 g/mol. The maximum Gasteiger partial charge on any atom is 0.331 e. The fraction of sp³-hybridized carbons (Fsp3) is 0.727. The summed E-state index contributed by atoms with van der Waals surface area (Å²) in [5.74, 6) is -0.778. The number of carboxylic acids is 1. The Morgan fingerprint density at radius 3 is 2.31 bits per heavy atom. The lowest BCUT2D eigenvalue weighted by molar-refractivity contribution is -0.149. The highest BCUT2D eigenvalue weighted by Gasteiger charge is 2.40. The first-order valence-electron chi connectivity index (χ1n) is 5.84. The lowest BCUT2D eigenvalue weighted by atomic mass is 9.84. The maximum atomic E-state index is 11.6. The van der Waals surface area contributed by atoms with E-state index in [1.165, 1.54) is 23.8 Å². The minimum Gasteiger partial charge on any atom is -0.479 e. The van der Waals surface area contributed by atoms with Crippen molar-refractivity contribution in [3.05, 3.63) is 12.7 Å². The Morgan fingerprint density at radius 2 is 1.81 bits per heavy atom. The largest absolute Gasteiger partial charge is 0.479 e. The van der Waals surface area contributed by atoms with Crippen molar-refractivity contribution in [2.45, 2.75) is 50.5 Å². The van der Waals surface area contributed by atoms with Crippen molar-refractivity contribution in [3.63, 3.8) is 0 Å². The Kier molecular flexibility index (Phi) is 3.22. The zero-order chi connectivity index (χ0) is 11.4. The van der Waals surface area contributed by atoms with Crippen molar-refractivity contribution >= 4 is 5.97 Å². The number of aromatic nitrogens is 3. The number of rotatable bonds is 2. The molecule has 1 N–H and O–H groups in total. The van der Waals surface area contributed by atoms with Gasteiger partial charge in [-0.05, 0) is 12.8 Å². The fourth-order valence-electron chi connectivity index (χ4n) is 2.46. The van der Waals surface area contributed by atoms with Crippen LogP contribution in [0.2, 0.25) is 0 Å². The number of hydrogen-bond donors (Lipinski definition) is 1. The van der Waals surface area contributed by atoms with E-state index in [-0.39, 0.29) is 0 Å². The predicted molar refractivity (Wildman–Crippen MR) is 58.0 cm³/mol. The van der Waals surface area contributed by atoms with Crippen LogP contribution in [0.15, 0.2) is 12.7 Å². The summed E-state index contributed by atoms with van der Waals surface area (Å²) in [6, 6.07) is 0. The van der Waals surface area contributed by atoms with Gasteiger partial charge in [0.1, 0.15) is 12.7 Å². The second-order valence-electron chi connectivity index (χ2n) is 4.44. The van der Waals surface area contributed by atoms with Gasteiger partial charge in [0.05, 0.1) is 0 Å². The molecule has 5 heteroatoms. The zero-order valence-corrected chi connectivity index (χ0v) is 9.30. The number of carboxylic acid groups (broad SMARTS) is 1. The highest BCUT2D eigenvalue weighted by molar-refractivity contribution is 5.76. The minimum absolute atomic E-state index is 0.658. The van der Waals surface area contributed by atoms with Gasteiger partial charge in [-0.3, -0.25) is 0 Å². The quantitative estimate of drug-likeness (QED) is 0.830. The monoisotopic (exact) mass is 223 g/mol. The molecule has 2 rings (SSSR count). The zero-order valence-electron chi connectivity index (χ0n) is 9.30. The molecule has 0 radical (unpaired) electrons. The molecule has 0 aliphatic heterocycles. The van der Waals surface area contributed by atoms with Gasteiger partial charge in [-0.15, -0.1) is 0 Å². The van der Waals surface area contributed by atoms with Crippen LogP contribution in [0.4, 0.5) is 0 Å². The molecular formula is C11H17N3O2. The van der Waals surface area contributed by atoms with E-state index in [4.69, 9.17) is 0 Å². The summed E-state index contributed by atoms with van der Waals surface area (Å²) < 4.78 is 1.53. The van der Waals surface area contributed by atoms with E-state index >= 15 is 0 Å². The van der Waals surface area contributed by atoms with Crippen LogP contribution in [0.5, 0.6) is 0 Å². The van der Waals surface area contributed by atoms with E-state index in [1.807, 2.05) is 0 Å². The van der Waals surface area contributed by atoms with Gasteiger partial charge in [-0.25, -0.2) is 14.5 Å². The third kappa shape index (κ3) is 1.94. The van der Waals surface area contributed by atoms with Crippen molar-refractivity contribution in [1.82, 2.24) is 14.8 Å². The highest BCUT2D eigenvalue weighted by atomic mass is 16.4. The van der Waals surface area contributed by atoms with E-state index in [1.54, 1.807) is 0 Å². The second-order valence-corrected chi connectivity index (χ2v) is 4.44. The first-order valence-corrected chi connectivity index (χ1v) is 5.84. The van der Waals surface area contributed by atoms with Gasteiger partial charge in [0.25, 0.3) is 0 Å². The van der Waals surface area contributed by atoms with Crippen molar-refractivity contribution in [2.75, 3.05) is 0 Å². The van der Waals surface area contributed by atoms with Crippen LogP contribution in [-0.4, -0.2) is 25.8 Å². The van der Waals surface area contributed by atoms with Crippen LogP contribution in [0, 0.1) is 0 Å². The van der Waals surface area contributed by atoms with Crippen LogP contribution in [-0.2, 0) is 10.3 Å². The standard InChI is InChI=1S/C11H17N3O2/c15-10(16)11(14-9-12-8-13-14)6-4-2-1-3-5-7-11/h8-9H,1-7H2,(H,15,16). The molecule has 88 valence electrons. The average Bonchev–Trinajstić information content (AvgIpc) is 2.70. The molecule has 0 aromatic carbocycles. The molecule has 0 saturated heterocycles. The van der Waals surface area contributed by atoms with Crippen LogP contribution < -0.4 is 0 Å². The van der Waals surface area contributed by atoms with E-state index < -0.39 is 11.5 Å². The molecule has 1 aromatic rings. The van der Waals surface area contributed by atoms with Gasteiger partial charge >= 0.3 is 5.97 Å². The lowest BCUT2D eigenvalue weighted by Crippen LogP contribution is -2.42. The molecule has 0 amide bonds. The fourth-order valence-corrected chi connectivity index (χ4v) is 2.46. The average molecular weight is 223 g/mol. The Balaban J connectivity index is 2.29. The summed E-state index contributed by atoms with van der Waals surface area (Å²) >= 11 is 0. The Morgan fingerprint density at radius 1 is 1.19 bits per heavy atom. The van der Waals surface area contributed by atoms with Crippen molar-refractivity contribution < 1.29 is 9.90 Å². The number of carbonyl (C=O) groups is 1. The normalized spacial score (nSPS) is 21.0. The highest BCUT2D eigenvalue weighted by Crippen LogP contribution is 2.32. The molecule has 5 nitrogen and oxygen atoms in total. The summed E-state index contributed by atoms with van der Waals surface area (Å²) in [6.07, 6.45) is 9.59. The van der Waals surface area contributed by atoms with Gasteiger partial charge in [-0.2, -0.15) is 5.10 Å². The SMILES string of the molecule is O=C(O)C1(n2cncn2)CCCCCCC1. The van der Waals surface area contributed by atoms with Crippen molar-refractivity contribution in [2.24, 2.45) is 0 Å². The Labute approximate surface area is 94.5 Å². The van der Waals surface area contributed by atoms with Crippen molar-refractivity contribution in [3.8, 4) is 0 Å². The minimum atomic E-state index is -0.864. The molecule has 0 atom stereocenters. The molecule has 0 bridgehead atoms. The molecule has 1 heterocycles. The summed E-state index contributed by atoms with van der Waals surface area (Å²) in [7, 11) is 0. The summed E-state index contributed by atoms with van der Waals surface area (Å²) in [5.41, 5.74) is -0.864. The Bertz CT molecular complexity index is 340. The molecule has 1 saturated carbocycles. The van der Waals surface area contributed by atoms with Gasteiger partial charge in [0.15, 0.2) is 5.54 Å². The topological polar surface area (TPSA) is 68.0 Å². The molecule has 16 heavy (non-hydrogen) atoms. The Hall–Kier alpha value is -1.39. The number of hydrogen-bond acceptors (Lipinski definition) is 3. The van der Waals surface area contributed by atoms with E-state index in [0.717, 1.165) is 25.7 Å². The summed E-state index contributed by atoms with van der Waals surface area (Å²) in [6.45, 7) is 0. The predicted octanol–water partition coefficient (Wildman–Crippen LogP) is 1.80. The first-order chi connectivity index (χ1) is 7.76. The van der Waals surface area contributed by atoms with E-state index in [9.17, 15) is 9.90 Å². The summed E-state index contributed by atoms with van der Waals surface area (Å²) in [5, 5.41) is 13.5. The summed E-state index contributed by atoms with van der Waals surface area (Å²) in [4.78, 5) is 15.4. The maximum absolute atomic E-state index is 11.6. The van der Waals surface area contributed by atoms with Gasteiger partial charge in [0.2, 0.25) is 0 Å². The molecule has 0 spiro atoms. The smallest absolute Gasteiger partial charge is 0.331 e. The van der Waals surface area contributed by atoms with Crippen LogP contribution in [0.25, 0.3) is 0 Å². The van der Waals surface area contributed by atoms with Crippen LogP contribution in [0.1, 0.15) is 44.9 Å². The van der Waals surface area contributed by atoms with Crippen LogP contribution in [0.3, 0.4) is 0 Å².